The number of esters is 1. The van der Waals surface area contributed by atoms with E-state index >= 15 is 0 Å². The zero-order chi connectivity index (χ0) is 11.0. The first kappa shape index (κ1) is 13.4. The predicted octanol–water partition coefficient (Wildman–Crippen LogP) is 0.941. The summed E-state index contributed by atoms with van der Waals surface area (Å²) in [5.41, 5.74) is 4.93. The fourth-order valence-corrected chi connectivity index (χ4v) is 1.08. The Hall–Kier alpha value is -0.610. The highest BCUT2D eigenvalue weighted by molar-refractivity contribution is 5.76. The zero-order valence-electron chi connectivity index (χ0n) is 9.34. The van der Waals surface area contributed by atoms with Crippen molar-refractivity contribution in [3.63, 3.8) is 0 Å². The summed E-state index contributed by atoms with van der Waals surface area (Å²) >= 11 is 0. The Bertz CT molecular complexity index is 173. The number of carbonyl (C=O) groups excluding carboxylic acids is 1. The van der Waals surface area contributed by atoms with E-state index in [9.17, 15) is 4.79 Å². The van der Waals surface area contributed by atoms with Gasteiger partial charge in [-0.3, -0.25) is 4.79 Å². The lowest BCUT2D eigenvalue weighted by Crippen LogP contribution is -2.37. The molecule has 0 aliphatic rings. The van der Waals surface area contributed by atoms with E-state index in [-0.39, 0.29) is 12.5 Å². The molecule has 0 aromatic heterocycles. The Balaban J connectivity index is 3.93. The second-order valence-corrected chi connectivity index (χ2v) is 3.62. The summed E-state index contributed by atoms with van der Waals surface area (Å²) < 4.78 is 10.0. The van der Waals surface area contributed by atoms with Gasteiger partial charge in [-0.1, -0.05) is 6.92 Å². The quantitative estimate of drug-likeness (QED) is 0.494. The van der Waals surface area contributed by atoms with E-state index in [2.05, 4.69) is 4.74 Å². The molecule has 0 rings (SSSR count). The van der Waals surface area contributed by atoms with Crippen molar-refractivity contribution >= 4 is 5.97 Å². The normalized spacial score (nSPS) is 14.9. The molecular formula is C10H21NO3. The molecule has 4 heteroatoms. The van der Waals surface area contributed by atoms with Crippen molar-refractivity contribution < 1.29 is 14.3 Å². The lowest BCUT2D eigenvalue weighted by Gasteiger charge is -2.24. The van der Waals surface area contributed by atoms with Crippen molar-refractivity contribution in [2.75, 3.05) is 26.9 Å². The zero-order valence-corrected chi connectivity index (χ0v) is 9.34. The lowest BCUT2D eigenvalue weighted by atomic mass is 9.87. The maximum atomic E-state index is 11.4. The van der Waals surface area contributed by atoms with Gasteiger partial charge < -0.3 is 15.2 Å². The van der Waals surface area contributed by atoms with Crippen LogP contribution in [0.4, 0.5) is 0 Å². The van der Waals surface area contributed by atoms with Gasteiger partial charge in [-0.15, -0.1) is 0 Å². The van der Waals surface area contributed by atoms with Crippen molar-refractivity contribution in [2.45, 2.75) is 26.7 Å². The fourth-order valence-electron chi connectivity index (χ4n) is 1.08. The van der Waals surface area contributed by atoms with Gasteiger partial charge in [0.25, 0.3) is 0 Å². The minimum atomic E-state index is -0.609. The molecule has 0 radical (unpaired) electrons. The van der Waals surface area contributed by atoms with Crippen LogP contribution in [0.2, 0.25) is 0 Å². The third-order valence-electron chi connectivity index (χ3n) is 2.28. The SMILES string of the molecule is CCCOCCC(C)(CN)C(=O)OC. The first-order valence-electron chi connectivity index (χ1n) is 4.97. The number of nitrogens with two attached hydrogens (primary N) is 1. The number of hydrogen-bond donors (Lipinski definition) is 1. The summed E-state index contributed by atoms with van der Waals surface area (Å²) in [6.07, 6.45) is 1.59. The van der Waals surface area contributed by atoms with E-state index in [0.717, 1.165) is 13.0 Å². The third kappa shape index (κ3) is 4.07. The molecule has 84 valence electrons. The van der Waals surface area contributed by atoms with E-state index in [1.807, 2.05) is 6.92 Å². The standard InChI is InChI=1S/C10H21NO3/c1-4-6-14-7-5-10(2,8-11)9(12)13-3/h4-8,11H2,1-3H3. The number of rotatable bonds is 7. The minimum absolute atomic E-state index is 0.264. The van der Waals surface area contributed by atoms with Gasteiger partial charge in [0.15, 0.2) is 0 Å². The molecule has 0 saturated carbocycles. The van der Waals surface area contributed by atoms with Crippen LogP contribution in [-0.2, 0) is 14.3 Å². The van der Waals surface area contributed by atoms with Crippen molar-refractivity contribution in [3.05, 3.63) is 0 Å². The molecule has 0 aliphatic carbocycles. The predicted molar refractivity (Wildman–Crippen MR) is 54.9 cm³/mol. The molecule has 0 aliphatic heterocycles. The van der Waals surface area contributed by atoms with Crippen molar-refractivity contribution in [2.24, 2.45) is 11.1 Å². The van der Waals surface area contributed by atoms with Crippen molar-refractivity contribution in [1.82, 2.24) is 0 Å². The van der Waals surface area contributed by atoms with Gasteiger partial charge in [0.1, 0.15) is 0 Å². The summed E-state index contributed by atoms with van der Waals surface area (Å²) in [6, 6.07) is 0. The molecule has 0 saturated heterocycles. The van der Waals surface area contributed by atoms with Gasteiger partial charge in [0, 0.05) is 19.8 Å². The molecule has 0 aromatic carbocycles. The molecule has 4 nitrogen and oxygen atoms in total. The third-order valence-corrected chi connectivity index (χ3v) is 2.28. The summed E-state index contributed by atoms with van der Waals surface area (Å²) in [7, 11) is 1.38. The van der Waals surface area contributed by atoms with E-state index in [4.69, 9.17) is 10.5 Å². The van der Waals surface area contributed by atoms with Gasteiger partial charge in [0.2, 0.25) is 0 Å². The highest BCUT2D eigenvalue weighted by Crippen LogP contribution is 2.21. The lowest BCUT2D eigenvalue weighted by molar-refractivity contribution is -0.152. The van der Waals surface area contributed by atoms with E-state index in [1.165, 1.54) is 7.11 Å². The molecule has 14 heavy (non-hydrogen) atoms. The Morgan fingerprint density at radius 1 is 1.43 bits per heavy atom. The average Bonchev–Trinajstić information content (AvgIpc) is 2.22. The van der Waals surface area contributed by atoms with Crippen LogP contribution in [0.3, 0.4) is 0 Å². The molecule has 0 amide bonds. The van der Waals surface area contributed by atoms with E-state index in [0.29, 0.717) is 13.0 Å². The fraction of sp³-hybridized carbons (Fsp3) is 0.900. The second-order valence-electron chi connectivity index (χ2n) is 3.62. The van der Waals surface area contributed by atoms with Crippen molar-refractivity contribution in [1.29, 1.82) is 0 Å². The molecular weight excluding hydrogens is 182 g/mol. The van der Waals surface area contributed by atoms with Crippen LogP contribution in [0, 0.1) is 5.41 Å². The Kier molecular flexibility index (Phi) is 6.49. The van der Waals surface area contributed by atoms with Crippen molar-refractivity contribution in [3.8, 4) is 0 Å². The van der Waals surface area contributed by atoms with Gasteiger partial charge in [-0.2, -0.15) is 0 Å². The van der Waals surface area contributed by atoms with Gasteiger partial charge in [-0.25, -0.2) is 0 Å². The molecule has 1 atom stereocenters. The van der Waals surface area contributed by atoms with E-state index < -0.39 is 5.41 Å². The van der Waals surface area contributed by atoms with Crippen LogP contribution in [0.1, 0.15) is 26.7 Å². The van der Waals surface area contributed by atoms with Crippen LogP contribution in [0.15, 0.2) is 0 Å². The Morgan fingerprint density at radius 3 is 2.50 bits per heavy atom. The second kappa shape index (κ2) is 6.79. The Morgan fingerprint density at radius 2 is 2.07 bits per heavy atom. The van der Waals surface area contributed by atoms with Crippen LogP contribution in [0.5, 0.6) is 0 Å². The van der Waals surface area contributed by atoms with Gasteiger partial charge in [0.05, 0.1) is 12.5 Å². The molecule has 0 aromatic rings. The summed E-state index contributed by atoms with van der Waals surface area (Å²) in [5, 5.41) is 0. The first-order chi connectivity index (χ1) is 6.60. The molecule has 0 fully saturated rings. The minimum Gasteiger partial charge on any atom is -0.469 e. The molecule has 1 unspecified atom stereocenters. The maximum absolute atomic E-state index is 11.4. The number of methoxy groups -OCH3 is 1. The highest BCUT2D eigenvalue weighted by Gasteiger charge is 2.32. The number of hydrogen-bond acceptors (Lipinski definition) is 4. The largest absolute Gasteiger partial charge is 0.469 e. The van der Waals surface area contributed by atoms with Gasteiger partial charge in [-0.05, 0) is 19.8 Å². The van der Waals surface area contributed by atoms with E-state index in [1.54, 1.807) is 6.92 Å². The summed E-state index contributed by atoms with van der Waals surface area (Å²) in [6.45, 7) is 5.41. The van der Waals surface area contributed by atoms with Gasteiger partial charge >= 0.3 is 5.97 Å². The van der Waals surface area contributed by atoms with Crippen LogP contribution < -0.4 is 5.73 Å². The average molecular weight is 203 g/mol. The summed E-state index contributed by atoms with van der Waals surface area (Å²) in [5.74, 6) is -0.264. The smallest absolute Gasteiger partial charge is 0.312 e. The highest BCUT2D eigenvalue weighted by atomic mass is 16.5. The Labute approximate surface area is 85.8 Å². The summed E-state index contributed by atoms with van der Waals surface area (Å²) in [4.78, 5) is 11.4. The number of carbonyl (C=O) groups is 1. The maximum Gasteiger partial charge on any atom is 0.312 e. The first-order valence-corrected chi connectivity index (χ1v) is 4.97. The molecule has 0 heterocycles. The topological polar surface area (TPSA) is 61.5 Å². The number of ether oxygens (including phenoxy) is 2. The molecule has 0 spiro atoms. The molecule has 2 N–H and O–H groups in total. The molecule has 0 bridgehead atoms. The van der Waals surface area contributed by atoms with Crippen LogP contribution in [0.25, 0.3) is 0 Å². The monoisotopic (exact) mass is 203 g/mol. The van der Waals surface area contributed by atoms with Crippen LogP contribution >= 0.6 is 0 Å². The van der Waals surface area contributed by atoms with Crippen LogP contribution in [-0.4, -0.2) is 32.8 Å².